The van der Waals surface area contributed by atoms with Crippen LogP contribution in [0.2, 0.25) is 5.02 Å². The highest BCUT2D eigenvalue weighted by atomic mass is 35.5. The summed E-state index contributed by atoms with van der Waals surface area (Å²) in [6.45, 7) is 0. The fourth-order valence-corrected chi connectivity index (χ4v) is 2.17. The molecular formula is C16H18ClN2. The van der Waals surface area contributed by atoms with Crippen LogP contribution < -0.4 is 9.80 Å². The second-order valence-corrected chi connectivity index (χ2v) is 5.32. The smallest absolute Gasteiger partial charge is 0.0505 e. The summed E-state index contributed by atoms with van der Waals surface area (Å²) >= 11 is 6.38. The zero-order valence-electron chi connectivity index (χ0n) is 11.7. The molecule has 1 radical (unpaired) electrons. The van der Waals surface area contributed by atoms with Crippen molar-refractivity contribution in [3.05, 3.63) is 47.5 Å². The van der Waals surface area contributed by atoms with Crippen LogP contribution in [0.3, 0.4) is 0 Å². The third-order valence-electron chi connectivity index (χ3n) is 3.06. The Hall–Kier alpha value is -1.67. The normalized spacial score (nSPS) is 10.4. The first kappa shape index (κ1) is 13.8. The molecule has 0 atom stereocenters. The number of anilines is 2. The fraction of sp³-hybridized carbons (Fsp3) is 0.250. The number of halogens is 1. The van der Waals surface area contributed by atoms with E-state index in [1.165, 1.54) is 0 Å². The number of nitrogens with zero attached hydrogens (tertiary/aromatic N) is 2. The molecule has 2 aromatic carbocycles. The van der Waals surface area contributed by atoms with Crippen LogP contribution in [-0.2, 0) is 0 Å². The fourth-order valence-electron chi connectivity index (χ4n) is 1.89. The highest BCUT2D eigenvalue weighted by Crippen LogP contribution is 2.32. The summed E-state index contributed by atoms with van der Waals surface area (Å²) in [6.07, 6.45) is 0. The van der Waals surface area contributed by atoms with Crippen LogP contribution >= 0.6 is 11.6 Å². The van der Waals surface area contributed by atoms with Crippen molar-refractivity contribution in [1.82, 2.24) is 0 Å². The zero-order chi connectivity index (χ0) is 14.0. The molecule has 2 nitrogen and oxygen atoms in total. The van der Waals surface area contributed by atoms with Crippen molar-refractivity contribution >= 4 is 23.0 Å². The van der Waals surface area contributed by atoms with Crippen molar-refractivity contribution in [1.29, 1.82) is 0 Å². The van der Waals surface area contributed by atoms with E-state index in [4.69, 9.17) is 11.6 Å². The molecule has 19 heavy (non-hydrogen) atoms. The molecule has 0 fully saturated rings. The minimum atomic E-state index is 0.748. The van der Waals surface area contributed by atoms with Crippen LogP contribution in [0.25, 0.3) is 11.1 Å². The molecule has 0 aromatic heterocycles. The van der Waals surface area contributed by atoms with Crippen molar-refractivity contribution in [2.75, 3.05) is 38.0 Å². The van der Waals surface area contributed by atoms with E-state index < -0.39 is 0 Å². The maximum Gasteiger partial charge on any atom is 0.0505 e. The summed E-state index contributed by atoms with van der Waals surface area (Å²) < 4.78 is 0. The van der Waals surface area contributed by atoms with Crippen molar-refractivity contribution in [3.63, 3.8) is 0 Å². The molecule has 3 heteroatoms. The number of hydrogen-bond donors (Lipinski definition) is 0. The summed E-state index contributed by atoms with van der Waals surface area (Å²) in [6, 6.07) is 15.4. The van der Waals surface area contributed by atoms with Gasteiger partial charge in [-0.15, -0.1) is 0 Å². The van der Waals surface area contributed by atoms with Gasteiger partial charge in [-0.25, -0.2) is 0 Å². The Morgan fingerprint density at radius 1 is 0.895 bits per heavy atom. The second kappa shape index (κ2) is 5.54. The topological polar surface area (TPSA) is 6.48 Å². The van der Waals surface area contributed by atoms with Crippen molar-refractivity contribution < 1.29 is 0 Å². The molecule has 0 saturated heterocycles. The molecule has 99 valence electrons. The lowest BCUT2D eigenvalue weighted by molar-refractivity contribution is 1.13. The number of hydrogen-bond acceptors (Lipinski definition) is 2. The van der Waals surface area contributed by atoms with Crippen molar-refractivity contribution in [2.45, 2.75) is 0 Å². The standard InChI is InChI=1S/C16H18ClN2/c1-18(2)13-7-5-6-12(10-13)15-9-8-14(19(3)4)11-16(15)17/h5,7-11H,1-4H3. The maximum atomic E-state index is 6.38. The Bertz CT molecular complexity index is 577. The van der Waals surface area contributed by atoms with Gasteiger partial charge in [0.25, 0.3) is 0 Å². The summed E-state index contributed by atoms with van der Waals surface area (Å²) in [4.78, 5) is 4.11. The average Bonchev–Trinajstić information content (AvgIpc) is 2.38. The Morgan fingerprint density at radius 2 is 1.53 bits per heavy atom. The molecule has 0 aliphatic rings. The lowest BCUT2D eigenvalue weighted by Gasteiger charge is -2.16. The molecule has 0 spiro atoms. The lowest BCUT2D eigenvalue weighted by atomic mass is 10.0. The third-order valence-corrected chi connectivity index (χ3v) is 3.37. The largest absolute Gasteiger partial charge is 0.378 e. The molecule has 0 unspecified atom stereocenters. The van der Waals surface area contributed by atoms with Crippen LogP contribution in [0.1, 0.15) is 0 Å². The van der Waals surface area contributed by atoms with E-state index in [1.807, 2.05) is 57.4 Å². The predicted octanol–water partition coefficient (Wildman–Crippen LogP) is 3.94. The van der Waals surface area contributed by atoms with Gasteiger partial charge >= 0.3 is 0 Å². The van der Waals surface area contributed by atoms with Gasteiger partial charge in [0.1, 0.15) is 0 Å². The first-order chi connectivity index (χ1) is 8.99. The highest BCUT2D eigenvalue weighted by molar-refractivity contribution is 6.33. The summed E-state index contributed by atoms with van der Waals surface area (Å²) in [5, 5.41) is 0.748. The van der Waals surface area contributed by atoms with Crippen molar-refractivity contribution in [2.24, 2.45) is 0 Å². The Kier molecular flexibility index (Phi) is 4.01. The molecule has 0 bridgehead atoms. The van der Waals surface area contributed by atoms with Gasteiger partial charge < -0.3 is 9.80 Å². The van der Waals surface area contributed by atoms with Gasteiger partial charge in [-0.05, 0) is 35.9 Å². The quantitative estimate of drug-likeness (QED) is 0.836. The SMILES string of the molecule is CN(C)c1cc[c]c(-c2ccc(N(C)C)cc2Cl)c1. The van der Waals surface area contributed by atoms with Gasteiger partial charge in [-0.3, -0.25) is 0 Å². The summed E-state index contributed by atoms with van der Waals surface area (Å²) in [5.41, 5.74) is 4.26. The van der Waals surface area contributed by atoms with E-state index in [9.17, 15) is 0 Å². The van der Waals surface area contributed by atoms with E-state index >= 15 is 0 Å². The molecule has 2 rings (SSSR count). The Morgan fingerprint density at radius 3 is 2.11 bits per heavy atom. The average molecular weight is 274 g/mol. The van der Waals surface area contributed by atoms with Gasteiger partial charge in [0.15, 0.2) is 0 Å². The molecule has 0 amide bonds. The van der Waals surface area contributed by atoms with Crippen LogP contribution in [-0.4, -0.2) is 28.2 Å². The highest BCUT2D eigenvalue weighted by Gasteiger charge is 2.07. The predicted molar refractivity (Wildman–Crippen MR) is 84.4 cm³/mol. The first-order valence-corrected chi connectivity index (χ1v) is 6.53. The van der Waals surface area contributed by atoms with E-state index in [-0.39, 0.29) is 0 Å². The maximum absolute atomic E-state index is 6.38. The summed E-state index contributed by atoms with van der Waals surface area (Å²) in [7, 11) is 8.06. The second-order valence-electron chi connectivity index (χ2n) is 4.91. The molecule has 0 aliphatic carbocycles. The first-order valence-electron chi connectivity index (χ1n) is 6.15. The number of rotatable bonds is 3. The minimum Gasteiger partial charge on any atom is -0.378 e. The summed E-state index contributed by atoms with van der Waals surface area (Å²) in [5.74, 6) is 0. The van der Waals surface area contributed by atoms with Gasteiger partial charge in [0.05, 0.1) is 5.02 Å². The monoisotopic (exact) mass is 273 g/mol. The third kappa shape index (κ3) is 3.02. The van der Waals surface area contributed by atoms with Crippen LogP contribution in [0.5, 0.6) is 0 Å². The molecule has 0 heterocycles. The number of benzene rings is 2. The van der Waals surface area contributed by atoms with E-state index in [1.54, 1.807) is 0 Å². The van der Waals surface area contributed by atoms with Crippen LogP contribution in [0.15, 0.2) is 36.4 Å². The lowest BCUT2D eigenvalue weighted by Crippen LogP contribution is -2.09. The Balaban J connectivity index is 2.44. The molecular weight excluding hydrogens is 256 g/mol. The van der Waals surface area contributed by atoms with Gasteiger partial charge in [-0.1, -0.05) is 23.7 Å². The van der Waals surface area contributed by atoms with Crippen molar-refractivity contribution in [3.8, 4) is 11.1 Å². The van der Waals surface area contributed by atoms with Gasteiger partial charge in [0.2, 0.25) is 0 Å². The van der Waals surface area contributed by atoms with E-state index in [0.717, 1.165) is 27.5 Å². The molecule has 0 N–H and O–H groups in total. The van der Waals surface area contributed by atoms with E-state index in [0.29, 0.717) is 0 Å². The minimum absolute atomic E-state index is 0.748. The molecule has 0 saturated carbocycles. The molecule has 2 aromatic rings. The van der Waals surface area contributed by atoms with Gasteiger partial charge in [-0.2, -0.15) is 0 Å². The zero-order valence-corrected chi connectivity index (χ0v) is 12.5. The van der Waals surface area contributed by atoms with Crippen LogP contribution in [0.4, 0.5) is 11.4 Å². The van der Waals surface area contributed by atoms with Crippen LogP contribution in [0, 0.1) is 6.07 Å². The van der Waals surface area contributed by atoms with Gasteiger partial charge in [0, 0.05) is 45.1 Å². The Labute approximate surface area is 120 Å². The van der Waals surface area contributed by atoms with E-state index in [2.05, 4.69) is 23.1 Å². The molecule has 0 aliphatic heterocycles.